The molecule has 0 aliphatic carbocycles. The molecule has 3 atom stereocenters. The average Bonchev–Trinajstić information content (AvgIpc) is 1.26. The molecule has 0 aromatic carbocycles. The summed E-state index contributed by atoms with van der Waals surface area (Å²) in [5.74, 6) is 0. The summed E-state index contributed by atoms with van der Waals surface area (Å²) in [4.78, 5) is 121. The summed E-state index contributed by atoms with van der Waals surface area (Å²) in [6.07, 6.45) is 24.0. The standard InChI is InChI=1S/C22H24N6O.C21H23N7O.C21H22N6O.2C20H21N7O/c1-14-9-26(10-15(2)23-14)18-5-7-21-25-19(8-22(29)28(21)13-18)17-4-6-20-24-16(3)11-27(20)12-17;1-13-10-26(7-6-22-13)16-4-5-20-24-17(9-21(29)27(20)12-16)18-8-19-15(3)23-14(2)11-28(19)25-18;1-15-12-26-13-16(3-5-19(26)23-15)18-11-21(28)27-14-17(4-6-20(27)24-18)25-9-2-7-22-8-10-25;2*1-13-11-27-18(14(2)22-13)9-17(24-27)16-10-20(28)26-12-15(3-4-19(26)23-16)25-7-5-21-6-8-25/h4-8,11-15,23H,9-10H2,1-3H3;4-5,8-9,11-13,22H,6-7,10H2,1-3H3;3-6,11-14,22H,2,7-10H2,1H3;2*3-4,9-12,21H,5-8H2,1-2H3/t14-,15+;13-;;;/m.0.../s1. The molecule has 0 unspecified atom stereocenters. The van der Waals surface area contributed by atoms with Gasteiger partial charge in [-0.3, -0.25) is 60.9 Å². The minimum atomic E-state index is -0.113. The summed E-state index contributed by atoms with van der Waals surface area (Å²) in [5, 5.41) is 30.9. The van der Waals surface area contributed by atoms with Gasteiger partial charge in [0.2, 0.25) is 0 Å². The van der Waals surface area contributed by atoms with Crippen LogP contribution in [0.1, 0.15) is 72.7 Å². The lowest BCUT2D eigenvalue weighted by atomic mass is 10.1. The number of hydrogen-bond donors (Lipinski definition) is 5. The molecule has 142 heavy (non-hydrogen) atoms. The highest BCUT2D eigenvalue weighted by molar-refractivity contribution is 5.72. The molecule has 25 rings (SSSR count). The van der Waals surface area contributed by atoms with Crippen molar-refractivity contribution in [3.8, 4) is 56.7 Å². The highest BCUT2D eigenvalue weighted by atomic mass is 16.1. The van der Waals surface area contributed by atoms with Crippen LogP contribution in [0, 0.1) is 55.4 Å². The van der Waals surface area contributed by atoms with Crippen LogP contribution in [0.5, 0.6) is 0 Å². The lowest BCUT2D eigenvalue weighted by Crippen LogP contribution is -2.54. The molecule has 5 fully saturated rings. The van der Waals surface area contributed by atoms with E-state index in [1.807, 2.05) is 230 Å². The predicted molar refractivity (Wildman–Crippen MR) is 553 cm³/mol. The number of piperazine rings is 4. The topological polar surface area (TPSA) is 373 Å². The van der Waals surface area contributed by atoms with Crippen LogP contribution in [0.4, 0.5) is 28.4 Å². The van der Waals surface area contributed by atoms with Crippen molar-refractivity contribution in [3.05, 3.63) is 305 Å². The van der Waals surface area contributed by atoms with Crippen molar-refractivity contribution in [2.24, 2.45) is 0 Å². The third-order valence-electron chi connectivity index (χ3n) is 26.3. The van der Waals surface area contributed by atoms with Gasteiger partial charge in [-0.25, -0.2) is 48.4 Å². The van der Waals surface area contributed by atoms with Gasteiger partial charge in [-0.05, 0) is 192 Å². The van der Waals surface area contributed by atoms with E-state index in [1.165, 1.54) is 0 Å². The van der Waals surface area contributed by atoms with Crippen molar-refractivity contribution in [2.75, 3.05) is 136 Å². The molecule has 38 heteroatoms. The number of imidazole rings is 2. The molecular formula is C104H111N33O5. The average molecular weight is 1900 g/mol. The molecule has 0 spiro atoms. The molecule has 0 radical (unpaired) electrons. The summed E-state index contributed by atoms with van der Waals surface area (Å²) < 4.78 is 17.4. The molecule has 25 heterocycles. The predicted octanol–water partition coefficient (Wildman–Crippen LogP) is 9.30. The van der Waals surface area contributed by atoms with E-state index in [0.29, 0.717) is 91.9 Å². The molecule has 20 aromatic heterocycles. The van der Waals surface area contributed by atoms with Gasteiger partial charge < -0.3 is 59.9 Å². The number of pyridine rings is 7. The van der Waals surface area contributed by atoms with Crippen molar-refractivity contribution in [1.82, 2.24) is 136 Å². The Hall–Kier alpha value is -16.2. The first-order valence-corrected chi connectivity index (χ1v) is 48.3. The van der Waals surface area contributed by atoms with Crippen molar-refractivity contribution in [2.45, 2.75) is 101 Å². The number of aryl methyl sites for hydroxylation is 8. The van der Waals surface area contributed by atoms with E-state index in [1.54, 1.807) is 65.9 Å². The first kappa shape index (κ1) is 92.2. The Morgan fingerprint density at radius 3 is 0.915 bits per heavy atom. The zero-order valence-corrected chi connectivity index (χ0v) is 81.2. The smallest absolute Gasteiger partial charge is 0.258 e. The summed E-state index contributed by atoms with van der Waals surface area (Å²) in [6.45, 7) is 38.2. The number of nitrogens with zero attached hydrogens (tertiary/aromatic N) is 28. The quantitative estimate of drug-likeness (QED) is 0.0851. The van der Waals surface area contributed by atoms with Gasteiger partial charge in [0.25, 0.3) is 27.8 Å². The Bertz CT molecular complexity index is 8370. The van der Waals surface area contributed by atoms with E-state index in [4.69, 9.17) is 15.0 Å². The van der Waals surface area contributed by atoms with Crippen LogP contribution in [0.25, 0.3) is 113 Å². The molecular weight excluding hydrogens is 1790 g/mol. The van der Waals surface area contributed by atoms with Gasteiger partial charge in [-0.15, -0.1) is 0 Å². The molecule has 20 aromatic rings. The molecule has 38 nitrogen and oxygen atoms in total. The third-order valence-corrected chi connectivity index (χ3v) is 26.3. The molecule has 5 N–H and O–H groups in total. The second kappa shape index (κ2) is 38.9. The van der Waals surface area contributed by atoms with E-state index in [2.05, 4.69) is 134 Å². The number of fused-ring (bicyclic) bond motifs is 10. The largest absolute Gasteiger partial charge is 0.369 e. The molecule has 0 saturated carbocycles. The Kier molecular flexibility index (Phi) is 25.3. The fraction of sp³-hybridized carbons (Fsp3) is 0.308. The first-order valence-electron chi connectivity index (χ1n) is 48.3. The van der Waals surface area contributed by atoms with Crippen LogP contribution < -0.4 is 78.9 Å². The molecule has 5 saturated heterocycles. The lowest BCUT2D eigenvalue weighted by molar-refractivity contribution is 0.407. The zero-order chi connectivity index (χ0) is 97.8. The fourth-order valence-corrected chi connectivity index (χ4v) is 19.5. The molecule has 722 valence electrons. The van der Waals surface area contributed by atoms with Crippen LogP contribution >= 0.6 is 0 Å². The van der Waals surface area contributed by atoms with Gasteiger partial charge >= 0.3 is 0 Å². The highest BCUT2D eigenvalue weighted by Crippen LogP contribution is 2.30. The first-order chi connectivity index (χ1) is 68.8. The Labute approximate surface area is 814 Å². The molecule has 5 aliphatic heterocycles. The second-order valence-corrected chi connectivity index (χ2v) is 37.3. The van der Waals surface area contributed by atoms with Crippen molar-refractivity contribution < 1.29 is 0 Å². The summed E-state index contributed by atoms with van der Waals surface area (Å²) in [5.41, 5.74) is 26.5. The molecule has 0 bridgehead atoms. The van der Waals surface area contributed by atoms with Crippen LogP contribution in [0.3, 0.4) is 0 Å². The second-order valence-electron chi connectivity index (χ2n) is 37.3. The Morgan fingerprint density at radius 1 is 0.261 bits per heavy atom. The van der Waals surface area contributed by atoms with Gasteiger partial charge in [-0.2, -0.15) is 15.3 Å². The monoisotopic (exact) mass is 1900 g/mol. The Morgan fingerprint density at radius 2 is 0.556 bits per heavy atom. The zero-order valence-electron chi connectivity index (χ0n) is 81.2. The van der Waals surface area contributed by atoms with E-state index >= 15 is 0 Å². The maximum atomic E-state index is 12.9. The minimum absolute atomic E-state index is 0.0725. The maximum Gasteiger partial charge on any atom is 0.258 e. The number of nitrogens with one attached hydrogen (secondary N) is 5. The van der Waals surface area contributed by atoms with Gasteiger partial charge in [0.1, 0.15) is 56.6 Å². The van der Waals surface area contributed by atoms with Gasteiger partial charge in [0, 0.05) is 220 Å². The normalized spacial score (nSPS) is 16.5. The van der Waals surface area contributed by atoms with Crippen LogP contribution in [-0.2, 0) is 0 Å². The van der Waals surface area contributed by atoms with Gasteiger partial charge in [0.05, 0.1) is 138 Å². The van der Waals surface area contributed by atoms with Crippen molar-refractivity contribution in [3.63, 3.8) is 0 Å². The summed E-state index contributed by atoms with van der Waals surface area (Å²) in [6, 6.07) is 42.4. The van der Waals surface area contributed by atoms with E-state index in [9.17, 15) is 24.0 Å². The number of aromatic nitrogens is 23. The van der Waals surface area contributed by atoms with E-state index in [0.717, 1.165) is 231 Å². The number of rotatable bonds is 10. The van der Waals surface area contributed by atoms with Crippen molar-refractivity contribution in [1.29, 1.82) is 0 Å². The Balaban J connectivity index is 0.000000105. The van der Waals surface area contributed by atoms with Gasteiger partial charge in [-0.1, -0.05) is 0 Å². The number of anilines is 5. The lowest BCUT2D eigenvalue weighted by Gasteiger charge is -2.37. The SMILES string of the molecule is Cc1cn2cc(-c3cc(=O)n4cc(N5CCCNCC5)ccc4n3)ccc2n1.Cc1cn2cc(-c3cc(=O)n4cc(N5C[C@@H](C)N[C@@H](C)C5)ccc4n3)ccc2n1.Cc1cn2nc(-c3cc(=O)n4cc(N5CCNCC5)ccc4n3)cc2c(C)n1.Cc1cn2nc(-c3cc(=O)n4cc(N5CCNCC5)ccc4n3)cc2c(C)n1.Cc1cn2nc(-c3cc(=O)n4cc(N5CCN[C@@H](C)C5)ccc4n3)cc2c(C)n1. The number of hydrogen-bond acceptors (Lipinski definition) is 28. The van der Waals surface area contributed by atoms with E-state index in [-0.39, 0.29) is 27.8 Å². The van der Waals surface area contributed by atoms with Crippen LogP contribution in [-0.4, -0.2) is 239 Å². The molecule has 0 amide bonds. The van der Waals surface area contributed by atoms with E-state index < -0.39 is 0 Å². The fourth-order valence-electron chi connectivity index (χ4n) is 19.5. The third kappa shape index (κ3) is 19.5. The highest BCUT2D eigenvalue weighted by Gasteiger charge is 2.26. The van der Waals surface area contributed by atoms with Crippen LogP contribution in [0.2, 0.25) is 0 Å². The van der Waals surface area contributed by atoms with Crippen LogP contribution in [0.15, 0.2) is 232 Å². The summed E-state index contributed by atoms with van der Waals surface area (Å²) in [7, 11) is 0. The maximum absolute atomic E-state index is 12.9. The molecule has 5 aliphatic rings. The van der Waals surface area contributed by atoms with Crippen molar-refractivity contribution >= 4 is 84.5 Å². The minimum Gasteiger partial charge on any atom is -0.369 e. The summed E-state index contributed by atoms with van der Waals surface area (Å²) >= 11 is 0. The van der Waals surface area contributed by atoms with Gasteiger partial charge in [0.15, 0.2) is 0 Å².